The minimum absolute atomic E-state index is 0.0416. The number of hydrogen-bond acceptors (Lipinski definition) is 9. The van der Waals surface area contributed by atoms with Crippen molar-refractivity contribution < 1.29 is 27.3 Å². The smallest absolute Gasteiger partial charge is 0.338 e. The molecule has 0 unspecified atom stereocenters. The van der Waals surface area contributed by atoms with Gasteiger partial charge in [-0.25, -0.2) is 13.2 Å². The summed E-state index contributed by atoms with van der Waals surface area (Å²) >= 11 is 0. The van der Waals surface area contributed by atoms with Crippen LogP contribution in [0.5, 0.6) is 0 Å². The topological polar surface area (TPSA) is 146 Å². The zero-order valence-electron chi connectivity index (χ0n) is 16.7. The number of nitro benzene ring substituents is 1. The summed E-state index contributed by atoms with van der Waals surface area (Å²) in [4.78, 5) is 22.6. The average Bonchev–Trinajstić information content (AvgIpc) is 3.50. The van der Waals surface area contributed by atoms with Crippen LogP contribution in [0.1, 0.15) is 29.1 Å². The second-order valence-corrected chi connectivity index (χ2v) is 8.95. The lowest BCUT2D eigenvalue weighted by atomic mass is 10.2. The van der Waals surface area contributed by atoms with E-state index >= 15 is 0 Å². The summed E-state index contributed by atoms with van der Waals surface area (Å²) in [6.07, 6.45) is 1.68. The van der Waals surface area contributed by atoms with E-state index in [9.17, 15) is 23.3 Å². The fourth-order valence-corrected chi connectivity index (χ4v) is 4.72. The van der Waals surface area contributed by atoms with Crippen LogP contribution in [0, 0.1) is 10.1 Å². The molecular formula is C20H18N4O7S. The maximum atomic E-state index is 12.5. The van der Waals surface area contributed by atoms with E-state index in [1.165, 1.54) is 52.8 Å². The van der Waals surface area contributed by atoms with Gasteiger partial charge in [0.25, 0.3) is 11.6 Å². The highest BCUT2D eigenvalue weighted by molar-refractivity contribution is 7.89. The van der Waals surface area contributed by atoms with Crippen molar-refractivity contribution >= 4 is 21.7 Å². The third kappa shape index (κ3) is 4.50. The van der Waals surface area contributed by atoms with Crippen LogP contribution in [0.25, 0.3) is 11.5 Å². The maximum absolute atomic E-state index is 12.5. The first kappa shape index (κ1) is 21.6. The molecular weight excluding hydrogens is 440 g/mol. The molecule has 12 heteroatoms. The fraction of sp³-hybridized carbons (Fsp3) is 0.250. The highest BCUT2D eigenvalue weighted by Gasteiger charge is 2.27. The number of rotatable bonds is 7. The Kier molecular flexibility index (Phi) is 5.97. The minimum atomic E-state index is -3.56. The van der Waals surface area contributed by atoms with Crippen LogP contribution in [0.4, 0.5) is 5.69 Å². The molecule has 32 heavy (non-hydrogen) atoms. The molecule has 0 aliphatic carbocycles. The van der Waals surface area contributed by atoms with Crippen LogP contribution in [-0.2, 0) is 21.4 Å². The Morgan fingerprint density at radius 2 is 1.72 bits per heavy atom. The first-order valence-corrected chi connectivity index (χ1v) is 11.1. The molecule has 0 atom stereocenters. The summed E-state index contributed by atoms with van der Waals surface area (Å²) in [7, 11) is -3.56. The molecule has 4 rings (SSSR count). The number of carbonyl (C=O) groups excluding carboxylic acids is 1. The normalized spacial score (nSPS) is 14.4. The van der Waals surface area contributed by atoms with Gasteiger partial charge in [-0.1, -0.05) is 0 Å². The quantitative estimate of drug-likeness (QED) is 0.296. The summed E-state index contributed by atoms with van der Waals surface area (Å²) in [5.74, 6) is -0.507. The Bertz CT molecular complexity index is 1230. The molecule has 1 aromatic heterocycles. The molecule has 1 aliphatic heterocycles. The first-order chi connectivity index (χ1) is 15.3. The van der Waals surface area contributed by atoms with E-state index in [4.69, 9.17) is 9.15 Å². The minimum Gasteiger partial charge on any atom is -0.452 e. The molecule has 0 saturated carbocycles. The van der Waals surface area contributed by atoms with Gasteiger partial charge in [-0.3, -0.25) is 10.1 Å². The van der Waals surface area contributed by atoms with E-state index in [2.05, 4.69) is 10.2 Å². The standard InChI is InChI=1S/C20H18N4O7S/c25-20(15-5-9-17(10-6-15)32(28,29)23-11-1-2-12-23)30-13-18-21-22-19(31-18)14-3-7-16(8-4-14)24(26)27/h3-10H,1-2,11-13H2. The molecule has 0 radical (unpaired) electrons. The van der Waals surface area contributed by atoms with E-state index in [1.807, 2.05) is 0 Å². The van der Waals surface area contributed by atoms with Crippen LogP contribution in [0.15, 0.2) is 57.8 Å². The Morgan fingerprint density at radius 3 is 2.34 bits per heavy atom. The lowest BCUT2D eigenvalue weighted by molar-refractivity contribution is -0.384. The predicted octanol–water partition coefficient (Wildman–Crippen LogP) is 2.79. The average molecular weight is 458 g/mol. The van der Waals surface area contributed by atoms with Crippen LogP contribution in [-0.4, -0.2) is 46.9 Å². The summed E-state index contributed by atoms with van der Waals surface area (Å²) in [5.41, 5.74) is 0.595. The molecule has 1 fully saturated rings. The number of benzene rings is 2. The number of carbonyl (C=O) groups is 1. The SMILES string of the molecule is O=C(OCc1nnc(-c2ccc([N+](=O)[O-])cc2)o1)c1ccc(S(=O)(=O)N2CCCC2)cc1. The van der Waals surface area contributed by atoms with Gasteiger partial charge in [0.2, 0.25) is 15.9 Å². The second-order valence-electron chi connectivity index (χ2n) is 7.02. The van der Waals surface area contributed by atoms with Gasteiger partial charge in [0.05, 0.1) is 15.4 Å². The van der Waals surface area contributed by atoms with Gasteiger partial charge in [0.15, 0.2) is 6.61 Å². The summed E-state index contributed by atoms with van der Waals surface area (Å²) in [6.45, 7) is 0.711. The Hall–Kier alpha value is -3.64. The zero-order chi connectivity index (χ0) is 22.7. The molecule has 3 aromatic rings. The van der Waals surface area contributed by atoms with Crippen LogP contribution >= 0.6 is 0 Å². The number of esters is 1. The largest absolute Gasteiger partial charge is 0.452 e. The molecule has 0 amide bonds. The van der Waals surface area contributed by atoms with E-state index < -0.39 is 20.9 Å². The Morgan fingerprint density at radius 1 is 1.06 bits per heavy atom. The van der Waals surface area contributed by atoms with E-state index in [0.717, 1.165) is 12.8 Å². The van der Waals surface area contributed by atoms with Gasteiger partial charge >= 0.3 is 5.97 Å². The highest BCUT2D eigenvalue weighted by atomic mass is 32.2. The van der Waals surface area contributed by atoms with E-state index in [1.54, 1.807) is 0 Å². The zero-order valence-corrected chi connectivity index (χ0v) is 17.5. The van der Waals surface area contributed by atoms with Crippen molar-refractivity contribution in [3.05, 3.63) is 70.1 Å². The van der Waals surface area contributed by atoms with E-state index in [-0.39, 0.29) is 34.5 Å². The van der Waals surface area contributed by atoms with Crippen LogP contribution in [0.3, 0.4) is 0 Å². The number of aromatic nitrogens is 2. The first-order valence-electron chi connectivity index (χ1n) is 9.69. The van der Waals surface area contributed by atoms with Crippen molar-refractivity contribution in [2.45, 2.75) is 24.3 Å². The van der Waals surface area contributed by atoms with Crippen molar-refractivity contribution in [1.29, 1.82) is 0 Å². The van der Waals surface area contributed by atoms with Gasteiger partial charge in [-0.15, -0.1) is 10.2 Å². The lowest BCUT2D eigenvalue weighted by Crippen LogP contribution is -2.27. The summed E-state index contributed by atoms with van der Waals surface area (Å²) in [6, 6.07) is 11.1. The molecule has 1 aliphatic rings. The molecule has 2 aromatic carbocycles. The van der Waals surface area contributed by atoms with Crippen molar-refractivity contribution in [3.63, 3.8) is 0 Å². The summed E-state index contributed by atoms with van der Waals surface area (Å²) in [5, 5.41) is 18.4. The van der Waals surface area contributed by atoms with Crippen molar-refractivity contribution in [2.75, 3.05) is 13.1 Å². The second kappa shape index (κ2) is 8.85. The summed E-state index contributed by atoms with van der Waals surface area (Å²) < 4.78 is 37.1. The molecule has 0 bridgehead atoms. The van der Waals surface area contributed by atoms with Gasteiger partial charge < -0.3 is 9.15 Å². The fourth-order valence-electron chi connectivity index (χ4n) is 3.21. The molecule has 11 nitrogen and oxygen atoms in total. The number of sulfonamides is 1. The highest BCUT2D eigenvalue weighted by Crippen LogP contribution is 2.23. The number of hydrogen-bond donors (Lipinski definition) is 0. The monoisotopic (exact) mass is 458 g/mol. The van der Waals surface area contributed by atoms with Crippen molar-refractivity contribution in [3.8, 4) is 11.5 Å². The van der Waals surface area contributed by atoms with Gasteiger partial charge in [0.1, 0.15) is 0 Å². The number of non-ortho nitro benzene ring substituents is 1. The van der Waals surface area contributed by atoms with Crippen LogP contribution in [0.2, 0.25) is 0 Å². The van der Waals surface area contributed by atoms with Crippen molar-refractivity contribution in [2.24, 2.45) is 0 Å². The van der Waals surface area contributed by atoms with Gasteiger partial charge in [0, 0.05) is 30.8 Å². The van der Waals surface area contributed by atoms with Gasteiger partial charge in [-0.05, 0) is 49.2 Å². The lowest BCUT2D eigenvalue weighted by Gasteiger charge is -2.15. The molecule has 0 N–H and O–H groups in total. The maximum Gasteiger partial charge on any atom is 0.338 e. The van der Waals surface area contributed by atoms with Crippen molar-refractivity contribution in [1.82, 2.24) is 14.5 Å². The third-order valence-electron chi connectivity index (χ3n) is 4.91. The molecule has 0 spiro atoms. The van der Waals surface area contributed by atoms with Crippen LogP contribution < -0.4 is 0 Å². The molecule has 2 heterocycles. The Labute approximate surface area is 182 Å². The Balaban J connectivity index is 1.37. The van der Waals surface area contributed by atoms with E-state index in [0.29, 0.717) is 18.7 Å². The predicted molar refractivity (Wildman–Crippen MR) is 110 cm³/mol. The number of nitro groups is 1. The number of nitrogens with zero attached hydrogens (tertiary/aromatic N) is 4. The molecule has 1 saturated heterocycles. The molecule has 166 valence electrons. The third-order valence-corrected chi connectivity index (χ3v) is 6.82. The van der Waals surface area contributed by atoms with Gasteiger partial charge in [-0.2, -0.15) is 4.31 Å². The number of ether oxygens (including phenoxy) is 1.